The van der Waals surface area contributed by atoms with E-state index >= 15 is 0 Å². The fraction of sp³-hybridized carbons (Fsp3) is 0.200. The number of sulfone groups is 1. The SMILES string of the molecule is CSC=CC=CC(Cc1ccccc1)S(=O)(=O)c1ccc(C)cc1. The maximum Gasteiger partial charge on any atom is 0.185 e. The zero-order chi connectivity index (χ0) is 17.4. The highest BCUT2D eigenvalue weighted by atomic mass is 32.2. The molecule has 0 heterocycles. The summed E-state index contributed by atoms with van der Waals surface area (Å²) in [5.41, 5.74) is 2.06. The molecule has 0 aliphatic carbocycles. The average molecular weight is 359 g/mol. The molecule has 0 aromatic heterocycles. The number of allylic oxidation sites excluding steroid dienone is 2. The molecule has 0 saturated carbocycles. The van der Waals surface area contributed by atoms with E-state index in [-0.39, 0.29) is 0 Å². The van der Waals surface area contributed by atoms with Crippen molar-refractivity contribution < 1.29 is 8.42 Å². The number of hydrogen-bond acceptors (Lipinski definition) is 3. The van der Waals surface area contributed by atoms with E-state index in [4.69, 9.17) is 0 Å². The number of hydrogen-bond donors (Lipinski definition) is 0. The van der Waals surface area contributed by atoms with Crippen LogP contribution in [0, 0.1) is 6.92 Å². The minimum Gasteiger partial charge on any atom is -0.223 e. The molecule has 0 fully saturated rings. The van der Waals surface area contributed by atoms with Crippen LogP contribution in [0.3, 0.4) is 0 Å². The van der Waals surface area contributed by atoms with Crippen molar-refractivity contribution in [3.05, 3.63) is 89.4 Å². The largest absolute Gasteiger partial charge is 0.223 e. The Morgan fingerprint density at radius 1 is 1.00 bits per heavy atom. The van der Waals surface area contributed by atoms with Gasteiger partial charge in [-0.15, -0.1) is 11.8 Å². The van der Waals surface area contributed by atoms with Crippen molar-refractivity contribution in [1.29, 1.82) is 0 Å². The zero-order valence-corrected chi connectivity index (χ0v) is 15.6. The minimum atomic E-state index is -3.43. The Bertz CT molecular complexity index is 789. The van der Waals surface area contributed by atoms with E-state index in [1.807, 2.05) is 73.2 Å². The quantitative estimate of drug-likeness (QED) is 0.666. The third-order valence-electron chi connectivity index (χ3n) is 3.68. The summed E-state index contributed by atoms with van der Waals surface area (Å²) >= 11 is 1.58. The van der Waals surface area contributed by atoms with Gasteiger partial charge in [-0.05, 0) is 42.7 Å². The molecule has 24 heavy (non-hydrogen) atoms. The van der Waals surface area contributed by atoms with Crippen LogP contribution in [0.15, 0.2) is 83.1 Å². The summed E-state index contributed by atoms with van der Waals surface area (Å²) in [6.07, 6.45) is 7.88. The molecule has 0 saturated heterocycles. The summed E-state index contributed by atoms with van der Waals surface area (Å²) in [6, 6.07) is 16.8. The van der Waals surface area contributed by atoms with Crippen LogP contribution in [0.1, 0.15) is 11.1 Å². The van der Waals surface area contributed by atoms with Gasteiger partial charge in [-0.3, -0.25) is 0 Å². The molecule has 2 aromatic carbocycles. The highest BCUT2D eigenvalue weighted by molar-refractivity contribution is 8.01. The molecule has 2 nitrogen and oxygen atoms in total. The van der Waals surface area contributed by atoms with Crippen LogP contribution in [0.4, 0.5) is 0 Å². The number of rotatable bonds is 7. The van der Waals surface area contributed by atoms with Crippen molar-refractivity contribution in [2.24, 2.45) is 0 Å². The second-order valence-corrected chi connectivity index (χ2v) is 8.45. The molecule has 4 heteroatoms. The van der Waals surface area contributed by atoms with Gasteiger partial charge < -0.3 is 0 Å². The van der Waals surface area contributed by atoms with Crippen molar-refractivity contribution in [2.45, 2.75) is 23.5 Å². The standard InChI is InChI=1S/C20H22O2S2/c1-17-11-13-19(14-12-17)24(21,22)20(10-6-7-15-23-2)16-18-8-4-3-5-9-18/h3-15,20H,16H2,1-2H3. The maximum absolute atomic E-state index is 13.0. The van der Waals surface area contributed by atoms with Gasteiger partial charge in [-0.25, -0.2) is 8.42 Å². The van der Waals surface area contributed by atoms with E-state index in [1.165, 1.54) is 0 Å². The predicted octanol–water partition coefficient (Wildman–Crippen LogP) is 4.81. The highest BCUT2D eigenvalue weighted by Gasteiger charge is 2.25. The van der Waals surface area contributed by atoms with Crippen molar-refractivity contribution in [3.63, 3.8) is 0 Å². The third-order valence-corrected chi connectivity index (χ3v) is 6.16. The fourth-order valence-electron chi connectivity index (χ4n) is 2.34. The second kappa shape index (κ2) is 8.90. The van der Waals surface area contributed by atoms with Crippen molar-refractivity contribution >= 4 is 21.6 Å². The Hall–Kier alpha value is -1.78. The first-order valence-corrected chi connectivity index (χ1v) is 10.6. The summed E-state index contributed by atoms with van der Waals surface area (Å²) in [6.45, 7) is 1.95. The predicted molar refractivity (Wildman–Crippen MR) is 104 cm³/mol. The molecular weight excluding hydrogens is 336 g/mol. The molecule has 0 aliphatic rings. The summed E-state index contributed by atoms with van der Waals surface area (Å²) in [4.78, 5) is 0.368. The Kier molecular flexibility index (Phi) is 6.88. The molecule has 0 N–H and O–H groups in total. The first-order valence-electron chi connectivity index (χ1n) is 7.74. The van der Waals surface area contributed by atoms with Gasteiger partial charge in [0.2, 0.25) is 0 Å². The lowest BCUT2D eigenvalue weighted by atomic mass is 10.1. The van der Waals surface area contributed by atoms with Gasteiger partial charge in [0.1, 0.15) is 0 Å². The van der Waals surface area contributed by atoms with Crippen LogP contribution < -0.4 is 0 Å². The lowest BCUT2D eigenvalue weighted by molar-refractivity contribution is 0.587. The van der Waals surface area contributed by atoms with Gasteiger partial charge in [0.15, 0.2) is 9.84 Å². The maximum atomic E-state index is 13.0. The molecule has 0 spiro atoms. The van der Waals surface area contributed by atoms with E-state index in [1.54, 1.807) is 30.0 Å². The van der Waals surface area contributed by atoms with Crippen LogP contribution in [-0.2, 0) is 16.3 Å². The highest BCUT2D eigenvalue weighted by Crippen LogP contribution is 2.21. The monoisotopic (exact) mass is 358 g/mol. The van der Waals surface area contributed by atoms with E-state index in [0.717, 1.165) is 11.1 Å². The smallest absolute Gasteiger partial charge is 0.185 e. The summed E-state index contributed by atoms with van der Waals surface area (Å²) in [5, 5.41) is 1.34. The molecule has 0 aliphatic heterocycles. The van der Waals surface area contributed by atoms with E-state index in [0.29, 0.717) is 11.3 Å². The Morgan fingerprint density at radius 3 is 2.29 bits per heavy atom. The average Bonchev–Trinajstić information content (AvgIpc) is 2.59. The number of thioether (sulfide) groups is 1. The lowest BCUT2D eigenvalue weighted by Gasteiger charge is -2.14. The van der Waals surface area contributed by atoms with Gasteiger partial charge in [0, 0.05) is 0 Å². The van der Waals surface area contributed by atoms with Gasteiger partial charge in [-0.1, -0.05) is 66.3 Å². The molecule has 2 rings (SSSR count). The summed E-state index contributed by atoms with van der Waals surface area (Å²) in [5.74, 6) is 0. The van der Waals surface area contributed by atoms with Gasteiger partial charge >= 0.3 is 0 Å². The van der Waals surface area contributed by atoms with E-state index in [9.17, 15) is 8.42 Å². The molecule has 126 valence electrons. The number of aryl methyl sites for hydroxylation is 1. The van der Waals surface area contributed by atoms with Crippen LogP contribution in [-0.4, -0.2) is 19.9 Å². The van der Waals surface area contributed by atoms with E-state index < -0.39 is 15.1 Å². The fourth-order valence-corrected chi connectivity index (χ4v) is 4.16. The Morgan fingerprint density at radius 2 is 1.67 bits per heavy atom. The van der Waals surface area contributed by atoms with Crippen molar-refractivity contribution in [2.75, 3.05) is 6.26 Å². The number of benzene rings is 2. The molecule has 1 atom stereocenters. The van der Waals surface area contributed by atoms with Crippen molar-refractivity contribution in [3.8, 4) is 0 Å². The van der Waals surface area contributed by atoms with Gasteiger partial charge in [-0.2, -0.15) is 0 Å². The summed E-state index contributed by atoms with van der Waals surface area (Å²) < 4.78 is 26.1. The first-order chi connectivity index (χ1) is 11.5. The van der Waals surface area contributed by atoms with Gasteiger partial charge in [0.25, 0.3) is 0 Å². The molecule has 0 radical (unpaired) electrons. The molecule has 1 unspecified atom stereocenters. The first kappa shape index (κ1) is 18.6. The third kappa shape index (κ3) is 5.11. The minimum absolute atomic E-state index is 0.368. The Balaban J connectivity index is 2.34. The van der Waals surface area contributed by atoms with E-state index in [2.05, 4.69) is 0 Å². The van der Waals surface area contributed by atoms with Crippen LogP contribution in [0.25, 0.3) is 0 Å². The molecule has 2 aromatic rings. The lowest BCUT2D eigenvalue weighted by Crippen LogP contribution is -2.22. The van der Waals surface area contributed by atoms with Crippen molar-refractivity contribution in [1.82, 2.24) is 0 Å². The summed E-state index contributed by atoms with van der Waals surface area (Å²) in [7, 11) is -3.43. The molecule has 0 amide bonds. The van der Waals surface area contributed by atoms with Crippen LogP contribution in [0.2, 0.25) is 0 Å². The van der Waals surface area contributed by atoms with Crippen LogP contribution >= 0.6 is 11.8 Å². The normalized spacial score (nSPS) is 13.6. The molecular formula is C20H22O2S2. The topological polar surface area (TPSA) is 34.1 Å². The zero-order valence-electron chi connectivity index (χ0n) is 13.9. The van der Waals surface area contributed by atoms with Gasteiger partial charge in [0.05, 0.1) is 10.1 Å². The Labute approximate surface area is 149 Å². The molecule has 0 bridgehead atoms. The second-order valence-electron chi connectivity index (χ2n) is 5.54. The van der Waals surface area contributed by atoms with Crippen LogP contribution in [0.5, 0.6) is 0 Å².